The number of methoxy groups -OCH3 is 1. The molecule has 1 unspecified atom stereocenters. The van der Waals surface area contributed by atoms with Gasteiger partial charge in [-0.2, -0.15) is 0 Å². The quantitative estimate of drug-likeness (QED) is 0.642. The van der Waals surface area contributed by atoms with Gasteiger partial charge in [-0.15, -0.1) is 0 Å². The Hall–Kier alpha value is -3.75. The molecule has 7 nitrogen and oxygen atoms in total. The Morgan fingerprint density at radius 2 is 2.21 bits per heavy atom. The van der Waals surface area contributed by atoms with E-state index in [2.05, 4.69) is 21.9 Å². The predicted octanol–water partition coefficient (Wildman–Crippen LogP) is 4.24. The lowest BCUT2D eigenvalue weighted by atomic mass is 9.78. The van der Waals surface area contributed by atoms with Gasteiger partial charge in [-0.1, -0.05) is 24.3 Å². The molecule has 1 aromatic heterocycles. The highest BCUT2D eigenvalue weighted by Crippen LogP contribution is 2.38. The second-order valence-electron chi connectivity index (χ2n) is 7.43. The van der Waals surface area contributed by atoms with Crippen molar-refractivity contribution in [3.63, 3.8) is 0 Å². The number of halogens is 2. The van der Waals surface area contributed by atoms with Crippen molar-refractivity contribution in [1.82, 2.24) is 14.9 Å². The molecule has 9 heteroatoms. The maximum atomic E-state index is 13.6. The molecule has 0 saturated heterocycles. The minimum atomic E-state index is -1.06. The van der Waals surface area contributed by atoms with Gasteiger partial charge in [0.25, 0.3) is 5.91 Å². The average Bonchev–Trinajstić information content (AvgIpc) is 3.08. The summed E-state index contributed by atoms with van der Waals surface area (Å²) in [5.41, 5.74) is 8.54. The number of carbonyl (C=O) groups is 1. The van der Waals surface area contributed by atoms with Gasteiger partial charge in [0.05, 0.1) is 17.8 Å². The van der Waals surface area contributed by atoms with Crippen LogP contribution in [0.5, 0.6) is 0 Å². The first kappa shape index (κ1) is 22.4. The van der Waals surface area contributed by atoms with E-state index in [1.165, 1.54) is 29.4 Å². The number of anilines is 2. The lowest BCUT2D eigenvalue weighted by molar-refractivity contribution is -0.121. The number of allylic oxidation sites excluding steroid dienone is 2. The lowest BCUT2D eigenvalue weighted by Gasteiger charge is -2.36. The predicted molar refractivity (Wildman–Crippen MR) is 126 cm³/mol. The first-order chi connectivity index (χ1) is 15.9. The number of ether oxygens (including phenoxy) is 1. The Morgan fingerprint density at radius 3 is 2.94 bits per heavy atom. The molecule has 0 bridgehead atoms. The van der Waals surface area contributed by atoms with Gasteiger partial charge in [0, 0.05) is 36.1 Å². The summed E-state index contributed by atoms with van der Waals surface area (Å²) in [7, 11) is 1.55. The molecule has 0 spiro atoms. The SMILES string of the molecule is C=CC(=O)N1C=CC=C(C2(N)Cc3c(ncnc3Nc3ccc(F)c(Cl)c3)C=C2OC)C=C1. The van der Waals surface area contributed by atoms with Crippen LogP contribution in [0.1, 0.15) is 11.3 Å². The van der Waals surface area contributed by atoms with Crippen molar-refractivity contribution in [2.75, 3.05) is 12.4 Å². The van der Waals surface area contributed by atoms with E-state index in [0.29, 0.717) is 29.4 Å². The minimum absolute atomic E-state index is 0.00294. The molecule has 1 aliphatic heterocycles. The summed E-state index contributed by atoms with van der Waals surface area (Å²) in [5.74, 6) is 0.251. The van der Waals surface area contributed by atoms with Crippen LogP contribution in [0, 0.1) is 5.82 Å². The first-order valence-electron chi connectivity index (χ1n) is 9.98. The molecule has 33 heavy (non-hydrogen) atoms. The maximum Gasteiger partial charge on any atom is 0.253 e. The molecule has 0 saturated carbocycles. The number of nitrogens with two attached hydrogens (primary N) is 1. The van der Waals surface area contributed by atoms with E-state index in [9.17, 15) is 9.18 Å². The molecular formula is C24H21ClFN5O2. The molecule has 1 atom stereocenters. The maximum absolute atomic E-state index is 13.6. The normalized spacial score (nSPS) is 19.2. The summed E-state index contributed by atoms with van der Waals surface area (Å²) in [6.07, 6.45) is 13.3. The van der Waals surface area contributed by atoms with E-state index in [0.717, 1.165) is 11.1 Å². The summed E-state index contributed by atoms with van der Waals surface area (Å²) in [5, 5.41) is 3.17. The number of aromatic nitrogens is 2. The van der Waals surface area contributed by atoms with Crippen LogP contribution < -0.4 is 11.1 Å². The third-order valence-electron chi connectivity index (χ3n) is 5.43. The van der Waals surface area contributed by atoms with Crippen molar-refractivity contribution in [3.05, 3.63) is 101 Å². The van der Waals surface area contributed by atoms with E-state index >= 15 is 0 Å². The van der Waals surface area contributed by atoms with Crippen LogP contribution in [0.3, 0.4) is 0 Å². The van der Waals surface area contributed by atoms with Gasteiger partial charge >= 0.3 is 0 Å². The number of hydrogen-bond donors (Lipinski definition) is 2. The standard InChI is InChI=1S/C24H21ClFN5O2/c1-3-22(32)31-9-4-5-15(8-10-31)24(27)13-17-20(12-21(24)33-2)28-14-29-23(17)30-16-6-7-19(26)18(25)11-16/h3-12,14H,1,13,27H2,2H3,(H,28,29,30). The van der Waals surface area contributed by atoms with Crippen LogP contribution in [-0.2, 0) is 16.0 Å². The molecule has 4 rings (SSSR count). The van der Waals surface area contributed by atoms with Crippen molar-refractivity contribution in [2.24, 2.45) is 5.73 Å². The number of nitrogens with zero attached hydrogens (tertiary/aromatic N) is 3. The monoisotopic (exact) mass is 465 g/mol. The minimum Gasteiger partial charge on any atom is -0.499 e. The van der Waals surface area contributed by atoms with Crippen LogP contribution in [0.25, 0.3) is 6.08 Å². The van der Waals surface area contributed by atoms with Crippen molar-refractivity contribution in [2.45, 2.75) is 12.0 Å². The van der Waals surface area contributed by atoms with Crippen molar-refractivity contribution in [1.29, 1.82) is 0 Å². The molecule has 0 radical (unpaired) electrons. The van der Waals surface area contributed by atoms with E-state index in [-0.39, 0.29) is 10.9 Å². The molecular weight excluding hydrogens is 445 g/mol. The third kappa shape index (κ3) is 4.30. The zero-order chi connectivity index (χ0) is 23.6. The average molecular weight is 466 g/mol. The lowest BCUT2D eigenvalue weighted by Crippen LogP contribution is -2.48. The number of amides is 1. The molecule has 2 aliphatic rings. The van der Waals surface area contributed by atoms with Gasteiger partial charge in [0.1, 0.15) is 29.3 Å². The van der Waals surface area contributed by atoms with Gasteiger partial charge in [-0.25, -0.2) is 14.4 Å². The molecule has 1 amide bonds. The van der Waals surface area contributed by atoms with Crippen LogP contribution in [-0.4, -0.2) is 33.4 Å². The Bertz CT molecular complexity index is 1250. The number of carbonyl (C=O) groups excluding carboxylic acids is 1. The fourth-order valence-electron chi connectivity index (χ4n) is 3.70. The summed E-state index contributed by atoms with van der Waals surface area (Å²) in [4.78, 5) is 22.1. The Morgan fingerprint density at radius 1 is 1.39 bits per heavy atom. The van der Waals surface area contributed by atoms with Gasteiger partial charge in [0.15, 0.2) is 0 Å². The second-order valence-corrected chi connectivity index (χ2v) is 7.84. The smallest absolute Gasteiger partial charge is 0.253 e. The number of fused-ring (bicyclic) bond motifs is 1. The number of nitrogens with one attached hydrogen (secondary N) is 1. The fraction of sp³-hybridized carbons (Fsp3) is 0.125. The number of benzene rings is 1. The summed E-state index contributed by atoms with van der Waals surface area (Å²) in [6, 6.07) is 4.32. The third-order valence-corrected chi connectivity index (χ3v) is 5.72. The van der Waals surface area contributed by atoms with E-state index in [4.69, 9.17) is 22.1 Å². The molecule has 2 heterocycles. The van der Waals surface area contributed by atoms with E-state index < -0.39 is 11.4 Å². The Kier molecular flexibility index (Phi) is 6.13. The molecule has 3 N–H and O–H groups in total. The zero-order valence-electron chi connectivity index (χ0n) is 17.8. The molecule has 1 aromatic carbocycles. The molecule has 0 fully saturated rings. The molecule has 2 aromatic rings. The van der Waals surface area contributed by atoms with Gasteiger partial charge < -0.3 is 15.8 Å². The number of rotatable bonds is 5. The highest BCUT2D eigenvalue weighted by Gasteiger charge is 2.40. The van der Waals surface area contributed by atoms with E-state index in [1.54, 1.807) is 43.8 Å². The largest absolute Gasteiger partial charge is 0.499 e. The van der Waals surface area contributed by atoms with Crippen LogP contribution in [0.4, 0.5) is 15.9 Å². The zero-order valence-corrected chi connectivity index (χ0v) is 18.5. The van der Waals surface area contributed by atoms with Crippen molar-refractivity contribution < 1.29 is 13.9 Å². The van der Waals surface area contributed by atoms with Crippen LogP contribution in [0.2, 0.25) is 5.02 Å². The van der Waals surface area contributed by atoms with Crippen molar-refractivity contribution >= 4 is 35.1 Å². The summed E-state index contributed by atoms with van der Waals surface area (Å²) >= 11 is 5.92. The summed E-state index contributed by atoms with van der Waals surface area (Å²) in [6.45, 7) is 3.51. The molecule has 1 aliphatic carbocycles. The highest BCUT2D eigenvalue weighted by atomic mass is 35.5. The Balaban J connectivity index is 1.72. The fourth-order valence-corrected chi connectivity index (χ4v) is 3.88. The second kappa shape index (κ2) is 9.01. The molecule has 168 valence electrons. The van der Waals surface area contributed by atoms with Crippen LogP contribution >= 0.6 is 11.6 Å². The van der Waals surface area contributed by atoms with Crippen molar-refractivity contribution in [3.8, 4) is 0 Å². The summed E-state index contributed by atoms with van der Waals surface area (Å²) < 4.78 is 19.2. The Labute approximate surface area is 195 Å². The van der Waals surface area contributed by atoms with Gasteiger partial charge in [-0.3, -0.25) is 9.69 Å². The topological polar surface area (TPSA) is 93.4 Å². The van der Waals surface area contributed by atoms with E-state index in [1.807, 2.05) is 6.08 Å². The number of hydrogen-bond acceptors (Lipinski definition) is 6. The van der Waals surface area contributed by atoms with Gasteiger partial charge in [-0.05, 0) is 42.0 Å². The highest BCUT2D eigenvalue weighted by molar-refractivity contribution is 6.31. The van der Waals surface area contributed by atoms with Gasteiger partial charge in [0.2, 0.25) is 0 Å². The first-order valence-corrected chi connectivity index (χ1v) is 10.4. The van der Waals surface area contributed by atoms with Crippen LogP contribution in [0.15, 0.2) is 79.1 Å².